The van der Waals surface area contributed by atoms with E-state index in [0.717, 1.165) is 5.56 Å². The third-order valence-electron chi connectivity index (χ3n) is 4.78. The van der Waals surface area contributed by atoms with Gasteiger partial charge in [0, 0.05) is 5.56 Å². The Morgan fingerprint density at radius 2 is 1.67 bits per heavy atom. The summed E-state index contributed by atoms with van der Waals surface area (Å²) in [5.74, 6) is -0.467. The van der Waals surface area contributed by atoms with Gasteiger partial charge in [-0.2, -0.15) is 0 Å². The number of carbonyl (C=O) groups excluding carboxylic acids is 2. The fourth-order valence-corrected chi connectivity index (χ4v) is 3.36. The van der Waals surface area contributed by atoms with Crippen LogP contribution in [0.1, 0.15) is 11.1 Å². The Bertz CT molecular complexity index is 951. The van der Waals surface area contributed by atoms with Gasteiger partial charge < -0.3 is 14.3 Å². The monoisotopic (exact) mass is 366 g/mol. The molecule has 0 spiro atoms. The highest BCUT2D eigenvalue weighted by Gasteiger charge is 2.56. The molecule has 0 unspecified atom stereocenters. The topological polar surface area (TPSA) is 77.4 Å². The Morgan fingerprint density at radius 3 is 2.33 bits per heavy atom. The molecule has 2 aromatic carbocycles. The number of anilines is 1. The smallest absolute Gasteiger partial charge is 0.278 e. The van der Waals surface area contributed by atoms with Gasteiger partial charge >= 0.3 is 0 Å². The molecule has 0 bridgehead atoms. The van der Waals surface area contributed by atoms with E-state index in [4.69, 9.17) is 14.3 Å². The molecule has 2 heterocycles. The zero-order valence-electron chi connectivity index (χ0n) is 15.1. The molecule has 2 amide bonds. The predicted molar refractivity (Wildman–Crippen MR) is 98.1 cm³/mol. The van der Waals surface area contributed by atoms with E-state index in [1.165, 1.54) is 12.0 Å². The Kier molecular flexibility index (Phi) is 4.07. The highest BCUT2D eigenvalue weighted by Crippen LogP contribution is 2.37. The number of imide groups is 1. The molecule has 2 aliphatic heterocycles. The molecule has 0 radical (unpaired) electrons. The maximum absolute atomic E-state index is 13.0. The van der Waals surface area contributed by atoms with E-state index in [1.54, 1.807) is 37.4 Å². The van der Waals surface area contributed by atoms with Gasteiger partial charge in [0.15, 0.2) is 11.5 Å². The molecule has 0 aromatic heterocycles. The predicted octanol–water partition coefficient (Wildman–Crippen LogP) is 2.30. The van der Waals surface area contributed by atoms with Crippen molar-refractivity contribution in [1.29, 1.82) is 0 Å². The summed E-state index contributed by atoms with van der Waals surface area (Å²) in [5.41, 5.74) is 2.63. The molecule has 2 aromatic rings. The average Bonchev–Trinajstić information content (AvgIpc) is 3.23. The van der Waals surface area contributed by atoms with E-state index in [9.17, 15) is 9.59 Å². The number of hydrogen-bond acceptors (Lipinski definition) is 6. The lowest BCUT2D eigenvalue weighted by molar-refractivity contribution is -0.126. The summed E-state index contributed by atoms with van der Waals surface area (Å²) in [4.78, 5) is 32.3. The van der Waals surface area contributed by atoms with Gasteiger partial charge in [0.2, 0.25) is 12.0 Å². The van der Waals surface area contributed by atoms with Crippen LogP contribution in [0.25, 0.3) is 0 Å². The number of methoxy groups -OCH3 is 2. The van der Waals surface area contributed by atoms with Crippen LogP contribution in [0.4, 0.5) is 5.69 Å². The Labute approximate surface area is 156 Å². The van der Waals surface area contributed by atoms with E-state index in [2.05, 4.69) is 5.16 Å². The van der Waals surface area contributed by atoms with Crippen molar-refractivity contribution in [3.8, 4) is 11.5 Å². The van der Waals surface area contributed by atoms with E-state index >= 15 is 0 Å². The number of carbonyl (C=O) groups is 2. The number of rotatable bonds is 4. The van der Waals surface area contributed by atoms with Crippen LogP contribution in [0, 0.1) is 12.8 Å². The highest BCUT2D eigenvalue weighted by atomic mass is 16.6. The summed E-state index contributed by atoms with van der Waals surface area (Å²) in [6, 6.07) is 12.4. The lowest BCUT2D eigenvalue weighted by Gasteiger charge is -2.16. The van der Waals surface area contributed by atoms with Gasteiger partial charge in [-0.25, -0.2) is 4.90 Å². The van der Waals surface area contributed by atoms with Gasteiger partial charge in [0.25, 0.3) is 5.91 Å². The Hall–Kier alpha value is -3.35. The van der Waals surface area contributed by atoms with Crippen LogP contribution in [0.15, 0.2) is 47.6 Å². The Balaban J connectivity index is 1.69. The van der Waals surface area contributed by atoms with Crippen LogP contribution in [-0.2, 0) is 14.4 Å². The minimum atomic E-state index is -0.943. The number of aryl methyl sites for hydroxylation is 1. The van der Waals surface area contributed by atoms with Crippen molar-refractivity contribution in [2.24, 2.45) is 11.1 Å². The van der Waals surface area contributed by atoms with Gasteiger partial charge in [-0.3, -0.25) is 9.59 Å². The number of benzene rings is 2. The van der Waals surface area contributed by atoms with Crippen molar-refractivity contribution < 1.29 is 23.9 Å². The second-order valence-corrected chi connectivity index (χ2v) is 6.40. The summed E-state index contributed by atoms with van der Waals surface area (Å²) in [7, 11) is 3.07. The molecule has 0 saturated carbocycles. The van der Waals surface area contributed by atoms with Crippen LogP contribution in [-0.4, -0.2) is 37.8 Å². The second-order valence-electron chi connectivity index (χ2n) is 6.40. The van der Waals surface area contributed by atoms with Gasteiger partial charge in [0.1, 0.15) is 11.6 Å². The standard InChI is InChI=1S/C20H18N2O5/c1-11-4-7-13(8-5-11)22-19(23)16-17(21-27-18(16)20(22)24)12-6-9-14(25-2)15(10-12)26-3/h4-10,16,18H,1-3H3/t16-,18+/m0/s1. The van der Waals surface area contributed by atoms with Crippen LogP contribution in [0.3, 0.4) is 0 Å². The zero-order chi connectivity index (χ0) is 19.1. The summed E-state index contributed by atoms with van der Waals surface area (Å²) in [6.07, 6.45) is -0.943. The number of hydrogen-bond donors (Lipinski definition) is 0. The van der Waals surface area contributed by atoms with E-state index in [-0.39, 0.29) is 5.91 Å². The van der Waals surface area contributed by atoms with Crippen LogP contribution in [0.2, 0.25) is 0 Å². The first-order valence-corrected chi connectivity index (χ1v) is 8.45. The van der Waals surface area contributed by atoms with E-state index < -0.39 is 17.9 Å². The molecular weight excluding hydrogens is 348 g/mol. The lowest BCUT2D eigenvalue weighted by Crippen LogP contribution is -2.33. The molecule has 7 heteroatoms. The quantitative estimate of drug-likeness (QED) is 0.776. The number of fused-ring (bicyclic) bond motifs is 1. The summed E-state index contributed by atoms with van der Waals surface area (Å²) >= 11 is 0. The second kappa shape index (κ2) is 6.42. The SMILES string of the molecule is COc1ccc(C2=NO[C@H]3C(=O)N(c4ccc(C)cc4)C(=O)[C@@H]23)cc1OC. The molecule has 2 aliphatic rings. The largest absolute Gasteiger partial charge is 0.493 e. The lowest BCUT2D eigenvalue weighted by atomic mass is 9.94. The number of nitrogens with zero attached hydrogens (tertiary/aromatic N) is 2. The van der Waals surface area contributed by atoms with Crippen molar-refractivity contribution in [2.75, 3.05) is 19.1 Å². The fourth-order valence-electron chi connectivity index (χ4n) is 3.36. The van der Waals surface area contributed by atoms with Gasteiger partial charge in [-0.1, -0.05) is 22.9 Å². The van der Waals surface area contributed by atoms with Gasteiger partial charge in [0.05, 0.1) is 19.9 Å². The molecule has 27 heavy (non-hydrogen) atoms. The first kappa shape index (κ1) is 17.1. The van der Waals surface area contributed by atoms with Crippen molar-refractivity contribution >= 4 is 23.2 Å². The van der Waals surface area contributed by atoms with Crippen LogP contribution >= 0.6 is 0 Å². The van der Waals surface area contributed by atoms with E-state index in [1.807, 2.05) is 19.1 Å². The first-order valence-electron chi connectivity index (χ1n) is 8.45. The minimum absolute atomic E-state index is 0.347. The van der Waals surface area contributed by atoms with Crippen LogP contribution < -0.4 is 14.4 Å². The number of amides is 2. The van der Waals surface area contributed by atoms with Crippen molar-refractivity contribution in [3.63, 3.8) is 0 Å². The Morgan fingerprint density at radius 1 is 0.963 bits per heavy atom. The van der Waals surface area contributed by atoms with E-state index in [0.29, 0.717) is 28.5 Å². The molecule has 1 saturated heterocycles. The molecule has 0 aliphatic carbocycles. The van der Waals surface area contributed by atoms with Gasteiger partial charge in [-0.05, 0) is 37.3 Å². The minimum Gasteiger partial charge on any atom is -0.493 e. The van der Waals surface area contributed by atoms with Crippen molar-refractivity contribution in [2.45, 2.75) is 13.0 Å². The zero-order valence-corrected chi connectivity index (χ0v) is 15.1. The molecule has 138 valence electrons. The summed E-state index contributed by atoms with van der Waals surface area (Å²) < 4.78 is 10.6. The van der Waals surface area contributed by atoms with Crippen molar-refractivity contribution in [1.82, 2.24) is 0 Å². The third kappa shape index (κ3) is 2.63. The fraction of sp³-hybridized carbons (Fsp3) is 0.250. The normalized spacial score (nSPS) is 21.0. The maximum atomic E-state index is 13.0. The van der Waals surface area contributed by atoms with Crippen molar-refractivity contribution in [3.05, 3.63) is 53.6 Å². The number of oxime groups is 1. The molecule has 4 rings (SSSR count). The summed E-state index contributed by atoms with van der Waals surface area (Å²) in [6.45, 7) is 1.94. The molecular formula is C20H18N2O5. The van der Waals surface area contributed by atoms with Crippen LogP contribution in [0.5, 0.6) is 11.5 Å². The molecule has 7 nitrogen and oxygen atoms in total. The average molecular weight is 366 g/mol. The first-order chi connectivity index (χ1) is 13.0. The molecule has 0 N–H and O–H groups in total. The molecule has 2 atom stereocenters. The number of ether oxygens (including phenoxy) is 2. The third-order valence-corrected chi connectivity index (χ3v) is 4.78. The maximum Gasteiger partial charge on any atom is 0.278 e. The highest BCUT2D eigenvalue weighted by molar-refractivity contribution is 6.32. The molecule has 1 fully saturated rings. The van der Waals surface area contributed by atoms with Gasteiger partial charge in [-0.15, -0.1) is 0 Å². The summed E-state index contributed by atoms with van der Waals surface area (Å²) in [5, 5.41) is 4.02.